The third kappa shape index (κ3) is 3.12. The molecule has 0 spiro atoms. The summed E-state index contributed by atoms with van der Waals surface area (Å²) in [4.78, 5) is 4.05. The summed E-state index contributed by atoms with van der Waals surface area (Å²) < 4.78 is 7.24. The van der Waals surface area contributed by atoms with Gasteiger partial charge in [0.1, 0.15) is 12.1 Å². The summed E-state index contributed by atoms with van der Waals surface area (Å²) >= 11 is 1.66. The number of hydrogen-bond acceptors (Lipinski definition) is 5. The lowest BCUT2D eigenvalue weighted by Gasteiger charge is -2.12. The molecule has 22 heavy (non-hydrogen) atoms. The van der Waals surface area contributed by atoms with E-state index in [1.807, 2.05) is 41.0 Å². The van der Waals surface area contributed by atoms with Gasteiger partial charge >= 0.3 is 0 Å². The minimum absolute atomic E-state index is 0.261. The van der Waals surface area contributed by atoms with Gasteiger partial charge in [-0.25, -0.2) is 0 Å². The number of ether oxygens (including phenoxy) is 1. The zero-order valence-electron chi connectivity index (χ0n) is 12.4. The van der Waals surface area contributed by atoms with Crippen LogP contribution in [-0.4, -0.2) is 26.9 Å². The topological polar surface area (TPSA) is 52.8 Å². The van der Waals surface area contributed by atoms with Gasteiger partial charge in [-0.05, 0) is 36.8 Å². The second kappa shape index (κ2) is 6.62. The van der Waals surface area contributed by atoms with Crippen LogP contribution in [0.15, 0.2) is 60.3 Å². The van der Waals surface area contributed by atoms with E-state index in [-0.39, 0.29) is 5.25 Å². The van der Waals surface area contributed by atoms with Gasteiger partial charge in [0.05, 0.1) is 12.8 Å². The fourth-order valence-electron chi connectivity index (χ4n) is 2.10. The molecule has 2 aromatic heterocycles. The standard InChI is InChI=1S/C16H16N4OS/c1-12(13-6-8-17-9-7-13)22-16-19-18-11-20(16)14-4-3-5-15(10-14)21-2/h3-12H,1-2H3/t12-/m1/s1. The predicted molar refractivity (Wildman–Crippen MR) is 86.4 cm³/mol. The van der Waals surface area contributed by atoms with Gasteiger partial charge in [-0.3, -0.25) is 9.55 Å². The molecule has 0 saturated carbocycles. The molecule has 2 heterocycles. The molecule has 1 atom stereocenters. The van der Waals surface area contributed by atoms with Gasteiger partial charge in [-0.1, -0.05) is 17.8 Å². The third-order valence-electron chi connectivity index (χ3n) is 3.31. The average molecular weight is 312 g/mol. The maximum atomic E-state index is 5.28. The first-order valence-electron chi connectivity index (χ1n) is 6.89. The van der Waals surface area contributed by atoms with Crippen molar-refractivity contribution in [2.45, 2.75) is 17.3 Å². The normalized spacial score (nSPS) is 12.1. The maximum Gasteiger partial charge on any atom is 0.196 e. The summed E-state index contributed by atoms with van der Waals surface area (Å²) in [6.07, 6.45) is 5.33. The fourth-order valence-corrected chi connectivity index (χ4v) is 3.07. The molecular formula is C16H16N4OS. The van der Waals surface area contributed by atoms with E-state index in [9.17, 15) is 0 Å². The smallest absolute Gasteiger partial charge is 0.196 e. The van der Waals surface area contributed by atoms with Crippen LogP contribution in [0.5, 0.6) is 5.75 Å². The summed E-state index contributed by atoms with van der Waals surface area (Å²) in [5, 5.41) is 9.38. The van der Waals surface area contributed by atoms with Crippen molar-refractivity contribution in [2.75, 3.05) is 7.11 Å². The molecule has 0 saturated heterocycles. The molecule has 0 amide bonds. The number of pyridine rings is 1. The lowest BCUT2D eigenvalue weighted by atomic mass is 10.2. The van der Waals surface area contributed by atoms with Gasteiger partial charge in [0.2, 0.25) is 0 Å². The van der Waals surface area contributed by atoms with Gasteiger partial charge in [-0.2, -0.15) is 0 Å². The van der Waals surface area contributed by atoms with Crippen molar-refractivity contribution < 1.29 is 4.74 Å². The maximum absolute atomic E-state index is 5.28. The molecule has 6 heteroatoms. The van der Waals surface area contributed by atoms with Gasteiger partial charge < -0.3 is 4.74 Å². The molecular weight excluding hydrogens is 296 g/mol. The van der Waals surface area contributed by atoms with E-state index in [1.54, 1.807) is 37.6 Å². The second-order valence-corrected chi connectivity index (χ2v) is 6.03. The number of benzene rings is 1. The zero-order valence-corrected chi connectivity index (χ0v) is 13.2. The van der Waals surface area contributed by atoms with Crippen molar-refractivity contribution in [3.05, 3.63) is 60.7 Å². The van der Waals surface area contributed by atoms with Crippen LogP contribution in [0.3, 0.4) is 0 Å². The van der Waals surface area contributed by atoms with Crippen LogP contribution in [0.2, 0.25) is 0 Å². The van der Waals surface area contributed by atoms with Crippen molar-refractivity contribution in [3.8, 4) is 11.4 Å². The van der Waals surface area contributed by atoms with E-state index >= 15 is 0 Å². The number of methoxy groups -OCH3 is 1. The van der Waals surface area contributed by atoms with Crippen molar-refractivity contribution in [2.24, 2.45) is 0 Å². The van der Waals surface area contributed by atoms with Crippen LogP contribution >= 0.6 is 11.8 Å². The highest BCUT2D eigenvalue weighted by Crippen LogP contribution is 2.34. The first kappa shape index (κ1) is 14.6. The largest absolute Gasteiger partial charge is 0.497 e. The number of rotatable bonds is 5. The number of nitrogens with zero attached hydrogens (tertiary/aromatic N) is 4. The lowest BCUT2D eigenvalue weighted by molar-refractivity contribution is 0.414. The van der Waals surface area contributed by atoms with Crippen LogP contribution in [0.1, 0.15) is 17.7 Å². The number of hydrogen-bond donors (Lipinski definition) is 0. The molecule has 0 radical (unpaired) electrons. The van der Waals surface area contributed by atoms with Crippen molar-refractivity contribution in [1.29, 1.82) is 0 Å². The van der Waals surface area contributed by atoms with Gasteiger partial charge in [0.25, 0.3) is 0 Å². The Labute approximate surface area is 133 Å². The molecule has 0 unspecified atom stereocenters. The minimum atomic E-state index is 0.261. The Morgan fingerprint density at radius 1 is 1.18 bits per heavy atom. The first-order valence-corrected chi connectivity index (χ1v) is 7.77. The van der Waals surface area contributed by atoms with Crippen molar-refractivity contribution >= 4 is 11.8 Å². The van der Waals surface area contributed by atoms with E-state index in [1.165, 1.54) is 5.56 Å². The molecule has 0 aliphatic heterocycles. The fraction of sp³-hybridized carbons (Fsp3) is 0.188. The van der Waals surface area contributed by atoms with E-state index in [4.69, 9.17) is 4.74 Å². The first-order chi connectivity index (χ1) is 10.8. The Kier molecular flexibility index (Phi) is 4.39. The number of thioether (sulfide) groups is 1. The highest BCUT2D eigenvalue weighted by Gasteiger charge is 2.13. The van der Waals surface area contributed by atoms with Gasteiger partial charge in [-0.15, -0.1) is 10.2 Å². The van der Waals surface area contributed by atoms with Crippen LogP contribution in [-0.2, 0) is 0 Å². The molecule has 112 valence electrons. The minimum Gasteiger partial charge on any atom is -0.497 e. The Morgan fingerprint density at radius 3 is 2.77 bits per heavy atom. The summed E-state index contributed by atoms with van der Waals surface area (Å²) in [5.41, 5.74) is 2.19. The molecule has 0 N–H and O–H groups in total. The van der Waals surface area contributed by atoms with Crippen molar-refractivity contribution in [1.82, 2.24) is 19.7 Å². The third-order valence-corrected chi connectivity index (χ3v) is 4.42. The highest BCUT2D eigenvalue weighted by molar-refractivity contribution is 7.99. The molecule has 3 aromatic rings. The molecule has 1 aromatic carbocycles. The SMILES string of the molecule is COc1cccc(-n2cnnc2S[C@H](C)c2ccncc2)c1. The molecule has 3 rings (SSSR count). The van der Waals surface area contributed by atoms with Crippen molar-refractivity contribution in [3.63, 3.8) is 0 Å². The van der Waals surface area contributed by atoms with E-state index in [2.05, 4.69) is 22.1 Å². The molecule has 5 nitrogen and oxygen atoms in total. The summed E-state index contributed by atoms with van der Waals surface area (Å²) in [5.74, 6) is 0.810. The van der Waals surface area contributed by atoms with Gasteiger partial charge in [0.15, 0.2) is 5.16 Å². The molecule has 0 aliphatic carbocycles. The van der Waals surface area contributed by atoms with Crippen LogP contribution in [0.25, 0.3) is 5.69 Å². The van der Waals surface area contributed by atoms with E-state index < -0.39 is 0 Å². The molecule has 0 fully saturated rings. The quantitative estimate of drug-likeness (QED) is 0.675. The highest BCUT2D eigenvalue weighted by atomic mass is 32.2. The number of aromatic nitrogens is 4. The Balaban J connectivity index is 1.86. The summed E-state index contributed by atoms with van der Waals surface area (Å²) in [7, 11) is 1.66. The van der Waals surface area contributed by atoms with E-state index in [0.29, 0.717) is 0 Å². The zero-order chi connectivity index (χ0) is 15.4. The molecule has 0 aliphatic rings. The average Bonchev–Trinajstić information content (AvgIpc) is 3.04. The van der Waals surface area contributed by atoms with Gasteiger partial charge in [0, 0.05) is 23.7 Å². The van der Waals surface area contributed by atoms with Crippen LogP contribution in [0, 0.1) is 0 Å². The molecule has 0 bridgehead atoms. The second-order valence-electron chi connectivity index (χ2n) is 4.73. The monoisotopic (exact) mass is 312 g/mol. The Bertz CT molecular complexity index is 745. The Hall–Kier alpha value is -2.34. The van der Waals surface area contributed by atoms with Crippen LogP contribution < -0.4 is 4.74 Å². The summed E-state index contributed by atoms with van der Waals surface area (Å²) in [6, 6.07) is 11.9. The predicted octanol–water partition coefficient (Wildman–Crippen LogP) is 3.52. The van der Waals surface area contributed by atoms with Crippen LogP contribution in [0.4, 0.5) is 0 Å². The Morgan fingerprint density at radius 2 is 2.00 bits per heavy atom. The lowest BCUT2D eigenvalue weighted by Crippen LogP contribution is -1.98. The summed E-state index contributed by atoms with van der Waals surface area (Å²) in [6.45, 7) is 2.14. The van der Waals surface area contributed by atoms with E-state index in [0.717, 1.165) is 16.6 Å².